The van der Waals surface area contributed by atoms with Crippen molar-refractivity contribution in [2.45, 2.75) is 39.3 Å². The van der Waals surface area contributed by atoms with Crippen molar-refractivity contribution in [2.24, 2.45) is 0 Å². The summed E-state index contributed by atoms with van der Waals surface area (Å²) in [5, 5.41) is 4.53. The Hall–Kier alpha value is -2.50. The molecule has 1 aromatic carbocycles. The van der Waals surface area contributed by atoms with Crippen LogP contribution in [0.2, 0.25) is 0 Å². The van der Waals surface area contributed by atoms with Crippen molar-refractivity contribution >= 4 is 5.91 Å². The van der Waals surface area contributed by atoms with E-state index in [1.807, 2.05) is 34.7 Å². The number of nitrogens with zero attached hydrogens (tertiary/aromatic N) is 3. The highest BCUT2D eigenvalue weighted by Crippen LogP contribution is 2.37. The van der Waals surface area contributed by atoms with Gasteiger partial charge in [0.2, 0.25) is 6.79 Å². The maximum atomic E-state index is 13.1. The molecule has 1 fully saturated rings. The fourth-order valence-corrected chi connectivity index (χ4v) is 3.61. The summed E-state index contributed by atoms with van der Waals surface area (Å²) in [5.41, 5.74) is 2.73. The average Bonchev–Trinajstić information content (AvgIpc) is 3.27. The molecule has 2 aliphatic rings. The number of amides is 1. The normalized spacial score (nSPS) is 19.1. The lowest BCUT2D eigenvalue weighted by molar-refractivity contribution is 0.0716. The number of ether oxygens (including phenoxy) is 2. The first-order valence-corrected chi connectivity index (χ1v) is 8.34. The Kier molecular flexibility index (Phi) is 3.67. The monoisotopic (exact) mass is 327 g/mol. The second-order valence-corrected chi connectivity index (χ2v) is 6.44. The van der Waals surface area contributed by atoms with Crippen LogP contribution in [0.4, 0.5) is 0 Å². The van der Waals surface area contributed by atoms with E-state index in [0.29, 0.717) is 17.1 Å². The molecule has 2 aliphatic heterocycles. The highest BCUT2D eigenvalue weighted by molar-refractivity contribution is 5.98. The van der Waals surface area contributed by atoms with Gasteiger partial charge in [0.05, 0.1) is 23.8 Å². The Morgan fingerprint density at radius 3 is 3.00 bits per heavy atom. The topological polar surface area (TPSA) is 56.6 Å². The molecule has 0 unspecified atom stereocenters. The van der Waals surface area contributed by atoms with E-state index < -0.39 is 0 Å². The van der Waals surface area contributed by atoms with Gasteiger partial charge in [-0.1, -0.05) is 6.07 Å². The summed E-state index contributed by atoms with van der Waals surface area (Å²) < 4.78 is 12.9. The second kappa shape index (κ2) is 5.85. The summed E-state index contributed by atoms with van der Waals surface area (Å²) in [5.74, 6) is 1.23. The van der Waals surface area contributed by atoms with E-state index >= 15 is 0 Å². The van der Waals surface area contributed by atoms with Crippen LogP contribution in [0, 0.1) is 13.8 Å². The number of aryl methyl sites for hydroxylation is 2. The van der Waals surface area contributed by atoms with Crippen LogP contribution in [0.3, 0.4) is 0 Å². The minimum Gasteiger partial charge on any atom is -0.454 e. The maximum Gasteiger partial charge on any atom is 0.258 e. The van der Waals surface area contributed by atoms with Gasteiger partial charge in [-0.05, 0) is 44.9 Å². The zero-order valence-electron chi connectivity index (χ0n) is 14.0. The molecule has 3 heterocycles. The van der Waals surface area contributed by atoms with Crippen LogP contribution in [0.15, 0.2) is 24.3 Å². The van der Waals surface area contributed by atoms with Gasteiger partial charge < -0.3 is 14.4 Å². The van der Waals surface area contributed by atoms with Crippen molar-refractivity contribution in [1.29, 1.82) is 0 Å². The van der Waals surface area contributed by atoms with Crippen molar-refractivity contribution in [3.8, 4) is 11.5 Å². The van der Waals surface area contributed by atoms with Crippen molar-refractivity contribution in [1.82, 2.24) is 14.7 Å². The third-order valence-electron chi connectivity index (χ3n) is 4.75. The molecule has 1 amide bonds. The number of carbonyl (C=O) groups excluding carboxylic acids is 1. The van der Waals surface area contributed by atoms with Crippen LogP contribution in [-0.4, -0.2) is 40.0 Å². The largest absolute Gasteiger partial charge is 0.454 e. The van der Waals surface area contributed by atoms with Gasteiger partial charge in [-0.2, -0.15) is 5.10 Å². The molecule has 0 bridgehead atoms. The predicted octanol–water partition coefficient (Wildman–Crippen LogP) is 2.53. The van der Waals surface area contributed by atoms with Crippen molar-refractivity contribution in [3.63, 3.8) is 0 Å². The standard InChI is InChI=1S/C18H21N3O3/c1-12-9-13(2)21(19-12)10-14-5-4-8-20(14)18(22)15-6-3-7-16-17(15)24-11-23-16/h3,6-7,9,14H,4-5,8,10-11H2,1-2H3/t14-/m0/s1. The van der Waals surface area contributed by atoms with Crippen LogP contribution in [0.25, 0.3) is 0 Å². The fraction of sp³-hybridized carbons (Fsp3) is 0.444. The van der Waals surface area contributed by atoms with E-state index in [-0.39, 0.29) is 18.7 Å². The third kappa shape index (κ3) is 2.52. The molecule has 0 N–H and O–H groups in total. The molecule has 126 valence electrons. The molecule has 1 saturated heterocycles. The van der Waals surface area contributed by atoms with Crippen LogP contribution in [0.1, 0.15) is 34.6 Å². The summed E-state index contributed by atoms with van der Waals surface area (Å²) in [4.78, 5) is 15.0. The lowest BCUT2D eigenvalue weighted by Crippen LogP contribution is -2.38. The molecule has 1 aromatic heterocycles. The maximum absolute atomic E-state index is 13.1. The summed E-state index contributed by atoms with van der Waals surface area (Å²) >= 11 is 0. The zero-order chi connectivity index (χ0) is 16.7. The minimum atomic E-state index is 0.0152. The van der Waals surface area contributed by atoms with Crippen molar-refractivity contribution < 1.29 is 14.3 Å². The van der Waals surface area contributed by atoms with E-state index in [9.17, 15) is 4.79 Å². The number of fused-ring (bicyclic) bond motifs is 1. The third-order valence-corrected chi connectivity index (χ3v) is 4.75. The van der Waals surface area contributed by atoms with Gasteiger partial charge in [0.1, 0.15) is 0 Å². The van der Waals surface area contributed by atoms with E-state index in [4.69, 9.17) is 9.47 Å². The average molecular weight is 327 g/mol. The number of hydrogen-bond acceptors (Lipinski definition) is 4. The predicted molar refractivity (Wildman–Crippen MR) is 88.3 cm³/mol. The second-order valence-electron chi connectivity index (χ2n) is 6.44. The number of para-hydroxylation sites is 1. The number of rotatable bonds is 3. The molecule has 0 saturated carbocycles. The van der Waals surface area contributed by atoms with Gasteiger partial charge in [0.15, 0.2) is 11.5 Å². The van der Waals surface area contributed by atoms with Gasteiger partial charge in [0, 0.05) is 12.2 Å². The summed E-state index contributed by atoms with van der Waals surface area (Å²) in [6.07, 6.45) is 2.01. The van der Waals surface area contributed by atoms with Crippen LogP contribution in [-0.2, 0) is 6.54 Å². The lowest BCUT2D eigenvalue weighted by atomic mass is 10.1. The van der Waals surface area contributed by atoms with Crippen LogP contribution < -0.4 is 9.47 Å². The molecule has 0 radical (unpaired) electrons. The fourth-order valence-electron chi connectivity index (χ4n) is 3.61. The van der Waals surface area contributed by atoms with Crippen LogP contribution >= 0.6 is 0 Å². The lowest BCUT2D eigenvalue weighted by Gasteiger charge is -2.25. The smallest absolute Gasteiger partial charge is 0.258 e. The number of hydrogen-bond donors (Lipinski definition) is 0. The number of aromatic nitrogens is 2. The van der Waals surface area contributed by atoms with Gasteiger partial charge in [-0.25, -0.2) is 0 Å². The van der Waals surface area contributed by atoms with Gasteiger partial charge in [0.25, 0.3) is 5.91 Å². The van der Waals surface area contributed by atoms with Gasteiger partial charge >= 0.3 is 0 Å². The highest BCUT2D eigenvalue weighted by atomic mass is 16.7. The molecule has 2 aromatic rings. The molecule has 0 spiro atoms. The molecule has 6 heteroatoms. The number of carbonyl (C=O) groups is 1. The molecular formula is C18H21N3O3. The zero-order valence-corrected chi connectivity index (χ0v) is 14.0. The van der Waals surface area contributed by atoms with Crippen molar-refractivity contribution in [3.05, 3.63) is 41.2 Å². The SMILES string of the molecule is Cc1cc(C)n(C[C@@H]2CCCN2C(=O)c2cccc3c2OCO3)n1. The summed E-state index contributed by atoms with van der Waals surface area (Å²) in [6.45, 7) is 5.72. The van der Waals surface area contributed by atoms with Crippen molar-refractivity contribution in [2.75, 3.05) is 13.3 Å². The highest BCUT2D eigenvalue weighted by Gasteiger charge is 2.33. The first-order valence-electron chi connectivity index (χ1n) is 8.34. The molecule has 24 heavy (non-hydrogen) atoms. The Labute approximate surface area is 141 Å². The number of likely N-dealkylation sites (tertiary alicyclic amines) is 1. The van der Waals surface area contributed by atoms with E-state index in [0.717, 1.165) is 37.3 Å². The first-order chi connectivity index (χ1) is 11.6. The summed E-state index contributed by atoms with van der Waals surface area (Å²) in [6, 6.07) is 7.71. The van der Waals surface area contributed by atoms with E-state index in [1.54, 1.807) is 0 Å². The molecule has 6 nitrogen and oxygen atoms in total. The molecule has 0 aliphatic carbocycles. The first kappa shape index (κ1) is 15.1. The Morgan fingerprint density at radius 2 is 2.21 bits per heavy atom. The quantitative estimate of drug-likeness (QED) is 0.869. The molecule has 4 rings (SSSR count). The molecular weight excluding hydrogens is 306 g/mol. The Bertz CT molecular complexity index is 784. The Morgan fingerprint density at radius 1 is 1.33 bits per heavy atom. The molecule has 1 atom stereocenters. The van der Waals surface area contributed by atoms with E-state index in [2.05, 4.69) is 18.1 Å². The van der Waals surface area contributed by atoms with Gasteiger partial charge in [-0.3, -0.25) is 9.48 Å². The summed E-state index contributed by atoms with van der Waals surface area (Å²) in [7, 11) is 0. The van der Waals surface area contributed by atoms with Crippen LogP contribution in [0.5, 0.6) is 11.5 Å². The minimum absolute atomic E-state index is 0.0152. The Balaban J connectivity index is 1.58. The van der Waals surface area contributed by atoms with Gasteiger partial charge in [-0.15, -0.1) is 0 Å². The number of benzene rings is 1. The van der Waals surface area contributed by atoms with E-state index in [1.165, 1.54) is 0 Å².